The molecule has 8 nitrogen and oxygen atoms in total. The number of amides is 3. The van der Waals surface area contributed by atoms with Gasteiger partial charge in [-0.25, -0.2) is 4.98 Å². The topological polar surface area (TPSA) is 110 Å². The Labute approximate surface area is 183 Å². The summed E-state index contributed by atoms with van der Waals surface area (Å²) in [6, 6.07) is 5.74. The Morgan fingerprint density at radius 2 is 1.97 bits per heavy atom. The van der Waals surface area contributed by atoms with Gasteiger partial charge in [0.25, 0.3) is 11.5 Å². The molecule has 0 spiro atoms. The molecule has 0 saturated carbocycles. The van der Waals surface area contributed by atoms with E-state index in [1.54, 1.807) is 31.2 Å². The van der Waals surface area contributed by atoms with Gasteiger partial charge in [-0.2, -0.15) is 0 Å². The number of rotatable bonds is 4. The normalized spacial score (nSPS) is 18.1. The third kappa shape index (κ3) is 4.16. The molecule has 1 saturated heterocycles. The molecule has 9 heteroatoms. The first-order valence-corrected chi connectivity index (χ1v) is 10.4. The Morgan fingerprint density at radius 3 is 2.68 bits per heavy atom. The Kier molecular flexibility index (Phi) is 5.73. The van der Waals surface area contributed by atoms with Crippen molar-refractivity contribution in [3.8, 4) is 0 Å². The van der Waals surface area contributed by atoms with Gasteiger partial charge >= 0.3 is 0 Å². The number of hydrogen-bond donors (Lipinski definition) is 2. The van der Waals surface area contributed by atoms with Crippen molar-refractivity contribution in [2.75, 3.05) is 6.54 Å². The van der Waals surface area contributed by atoms with Gasteiger partial charge in [0.05, 0.1) is 11.3 Å². The monoisotopic (exact) mass is 440 g/mol. The molecule has 3 amide bonds. The number of aryl methyl sites for hydroxylation is 2. The number of piperidine rings is 1. The summed E-state index contributed by atoms with van der Waals surface area (Å²) in [5.41, 5.74) is 1.87. The van der Waals surface area contributed by atoms with Gasteiger partial charge in [0.15, 0.2) is 0 Å². The van der Waals surface area contributed by atoms with Gasteiger partial charge in [0.1, 0.15) is 11.9 Å². The minimum absolute atomic E-state index is 0.157. The molecule has 1 aromatic heterocycles. The number of hydrogen-bond acceptors (Lipinski definition) is 5. The summed E-state index contributed by atoms with van der Waals surface area (Å²) in [6.07, 6.45) is 3.64. The van der Waals surface area contributed by atoms with Crippen LogP contribution in [0.3, 0.4) is 0 Å². The lowest BCUT2D eigenvalue weighted by Gasteiger charge is -2.26. The van der Waals surface area contributed by atoms with E-state index in [4.69, 9.17) is 11.6 Å². The van der Waals surface area contributed by atoms with Crippen LogP contribution in [0.15, 0.2) is 35.1 Å². The second kappa shape index (κ2) is 8.47. The molecular weight excluding hydrogens is 420 g/mol. The number of nitrogens with one attached hydrogen (secondary N) is 2. The number of allylic oxidation sites excluding steroid dienone is 1. The smallest absolute Gasteiger partial charge is 0.262 e. The number of nitrogens with zero attached hydrogens (tertiary/aromatic N) is 2. The fraction of sp³-hybridized carbons (Fsp3) is 0.318. The number of carbonyl (C=O) groups is 3. The van der Waals surface area contributed by atoms with E-state index in [0.717, 1.165) is 0 Å². The van der Waals surface area contributed by atoms with Crippen molar-refractivity contribution in [3.63, 3.8) is 0 Å². The Bertz CT molecular complexity index is 1170. The molecule has 1 aromatic carbocycles. The van der Waals surface area contributed by atoms with Gasteiger partial charge in [0.2, 0.25) is 11.8 Å². The first-order chi connectivity index (χ1) is 14.8. The largest absolute Gasteiger partial charge is 0.348 e. The fourth-order valence-electron chi connectivity index (χ4n) is 4.02. The summed E-state index contributed by atoms with van der Waals surface area (Å²) >= 11 is 5.87. The second-order valence-electron chi connectivity index (χ2n) is 7.58. The minimum Gasteiger partial charge on any atom is -0.348 e. The second-order valence-corrected chi connectivity index (χ2v) is 8.02. The number of fused-ring (bicyclic) bond motifs is 1. The Balaban J connectivity index is 1.62. The number of benzene rings is 1. The molecule has 2 heterocycles. The summed E-state index contributed by atoms with van der Waals surface area (Å²) in [4.78, 5) is 54.3. The standard InChI is InChI=1S/C22H21ClN4O4/c1-12-25-16-4-2-3-14(11-24-20(29)13-5-7-15(23)8-6-13)19(16)22(31)27(12)17-9-10-18(28)26-21(17)30/h3,5-8,17H,2,4,9-11H2,1H3,(H,24,29)(H,26,28,30). The molecule has 31 heavy (non-hydrogen) atoms. The maximum atomic E-state index is 13.4. The molecule has 1 atom stereocenters. The van der Waals surface area contributed by atoms with E-state index < -0.39 is 11.9 Å². The van der Waals surface area contributed by atoms with Crippen molar-refractivity contribution in [1.29, 1.82) is 0 Å². The zero-order valence-electron chi connectivity index (χ0n) is 16.9. The number of carbonyl (C=O) groups excluding carboxylic acids is 3. The van der Waals surface area contributed by atoms with Gasteiger partial charge in [-0.15, -0.1) is 0 Å². The van der Waals surface area contributed by atoms with Gasteiger partial charge in [0, 0.05) is 23.6 Å². The van der Waals surface area contributed by atoms with Crippen molar-refractivity contribution in [2.24, 2.45) is 0 Å². The average molecular weight is 441 g/mol. The van der Waals surface area contributed by atoms with Crippen LogP contribution in [-0.2, 0) is 16.0 Å². The maximum Gasteiger partial charge on any atom is 0.262 e. The third-order valence-corrected chi connectivity index (χ3v) is 5.78. The molecule has 1 aliphatic carbocycles. The molecule has 0 bridgehead atoms. The van der Waals surface area contributed by atoms with Crippen LogP contribution in [0.4, 0.5) is 0 Å². The SMILES string of the molecule is Cc1nc2c(c(=O)n1C1CCC(=O)NC1=O)C(CNC(=O)c1ccc(Cl)cc1)=CCC2. The maximum absolute atomic E-state index is 13.4. The fourth-order valence-corrected chi connectivity index (χ4v) is 4.15. The summed E-state index contributed by atoms with van der Waals surface area (Å²) in [5.74, 6) is -0.691. The van der Waals surface area contributed by atoms with Crippen molar-refractivity contribution in [1.82, 2.24) is 20.2 Å². The lowest BCUT2D eigenvalue weighted by atomic mass is 9.94. The van der Waals surface area contributed by atoms with E-state index in [1.807, 2.05) is 6.08 Å². The van der Waals surface area contributed by atoms with Crippen molar-refractivity contribution < 1.29 is 14.4 Å². The van der Waals surface area contributed by atoms with Gasteiger partial charge in [-0.3, -0.25) is 29.1 Å². The van der Waals surface area contributed by atoms with Gasteiger partial charge in [-0.05, 0) is 56.0 Å². The summed E-state index contributed by atoms with van der Waals surface area (Å²) in [7, 11) is 0. The average Bonchev–Trinajstić information content (AvgIpc) is 2.73. The lowest BCUT2D eigenvalue weighted by Crippen LogP contribution is -2.46. The lowest BCUT2D eigenvalue weighted by molar-refractivity contribution is -0.135. The molecule has 1 fully saturated rings. The molecule has 4 rings (SSSR count). The van der Waals surface area contributed by atoms with Crippen LogP contribution in [0.25, 0.3) is 5.57 Å². The predicted molar refractivity (Wildman–Crippen MR) is 115 cm³/mol. The molecule has 1 aliphatic heterocycles. The Morgan fingerprint density at radius 1 is 1.23 bits per heavy atom. The van der Waals surface area contributed by atoms with Gasteiger partial charge < -0.3 is 5.32 Å². The number of halogens is 1. The highest BCUT2D eigenvalue weighted by molar-refractivity contribution is 6.30. The zero-order valence-corrected chi connectivity index (χ0v) is 17.7. The Hall–Kier alpha value is -3.26. The molecule has 2 N–H and O–H groups in total. The minimum atomic E-state index is -0.783. The molecule has 0 radical (unpaired) electrons. The highest BCUT2D eigenvalue weighted by Crippen LogP contribution is 2.25. The predicted octanol–water partition coefficient (Wildman–Crippen LogP) is 1.94. The molecule has 160 valence electrons. The van der Waals surface area contributed by atoms with E-state index in [1.165, 1.54) is 4.57 Å². The van der Waals surface area contributed by atoms with Crippen LogP contribution in [0.2, 0.25) is 5.02 Å². The number of imide groups is 1. The van der Waals surface area contributed by atoms with E-state index >= 15 is 0 Å². The van der Waals surface area contributed by atoms with Crippen LogP contribution in [0, 0.1) is 6.92 Å². The molecule has 2 aliphatic rings. The van der Waals surface area contributed by atoms with Crippen molar-refractivity contribution in [2.45, 2.75) is 38.6 Å². The first-order valence-electron chi connectivity index (χ1n) is 10.0. The quantitative estimate of drug-likeness (QED) is 0.706. The summed E-state index contributed by atoms with van der Waals surface area (Å²) in [6.45, 7) is 1.84. The van der Waals surface area contributed by atoms with Gasteiger partial charge in [-0.1, -0.05) is 17.7 Å². The van der Waals surface area contributed by atoms with Crippen LogP contribution in [0.1, 0.15) is 52.7 Å². The van der Waals surface area contributed by atoms with Crippen LogP contribution >= 0.6 is 11.6 Å². The van der Waals surface area contributed by atoms with E-state index in [-0.39, 0.29) is 36.8 Å². The highest BCUT2D eigenvalue weighted by atomic mass is 35.5. The molecular formula is C22H21ClN4O4. The van der Waals surface area contributed by atoms with E-state index in [2.05, 4.69) is 15.6 Å². The van der Waals surface area contributed by atoms with Crippen molar-refractivity contribution in [3.05, 3.63) is 68.4 Å². The third-order valence-electron chi connectivity index (χ3n) is 5.53. The van der Waals surface area contributed by atoms with E-state index in [9.17, 15) is 19.2 Å². The first kappa shape index (κ1) is 21.0. The van der Waals surface area contributed by atoms with E-state index in [0.29, 0.717) is 46.1 Å². The molecule has 1 unspecified atom stereocenters. The van der Waals surface area contributed by atoms with Crippen LogP contribution in [-0.4, -0.2) is 33.8 Å². The van der Waals surface area contributed by atoms with Crippen molar-refractivity contribution >= 4 is 34.9 Å². The number of aromatic nitrogens is 2. The summed E-state index contributed by atoms with van der Waals surface area (Å²) in [5, 5.41) is 5.66. The summed E-state index contributed by atoms with van der Waals surface area (Å²) < 4.78 is 1.36. The molecule has 2 aromatic rings. The van der Waals surface area contributed by atoms with Crippen LogP contribution in [0.5, 0.6) is 0 Å². The highest BCUT2D eigenvalue weighted by Gasteiger charge is 2.32. The van der Waals surface area contributed by atoms with Crippen LogP contribution < -0.4 is 16.2 Å². The zero-order chi connectivity index (χ0) is 22.1.